The van der Waals surface area contributed by atoms with Gasteiger partial charge in [0.2, 0.25) is 0 Å². The number of quaternary nitrogens is 1. The number of hydrogen-bond acceptors (Lipinski definition) is 2. The maximum absolute atomic E-state index is 11.3. The Hall–Kier alpha value is -1.55. The number of amides is 1. The lowest BCUT2D eigenvalue weighted by molar-refractivity contribution is 0.202. The fourth-order valence-corrected chi connectivity index (χ4v) is 1.77. The molecule has 0 aliphatic rings. The summed E-state index contributed by atoms with van der Waals surface area (Å²) in [4.78, 5) is 11.3. The second-order valence-corrected chi connectivity index (χ2v) is 4.62. The second kappa shape index (κ2) is 5.87. The Kier molecular flexibility index (Phi) is 4.73. The zero-order valence-electron chi connectivity index (χ0n) is 11.9. The summed E-state index contributed by atoms with van der Waals surface area (Å²) >= 11 is 0. The Balaban J connectivity index is 3.11. The topological polar surface area (TPSA) is 38.3 Å². The summed E-state index contributed by atoms with van der Waals surface area (Å²) < 4.78 is 6.08. The van der Waals surface area contributed by atoms with Crippen LogP contribution < -0.4 is 14.5 Å². The molecular weight excluding hydrogens is 228 g/mol. The molecule has 0 aliphatic heterocycles. The Labute approximate surface area is 109 Å². The Morgan fingerprint density at radius 1 is 1.33 bits per heavy atom. The van der Waals surface area contributed by atoms with Crippen LogP contribution in [0.25, 0.3) is 0 Å². The second-order valence-electron chi connectivity index (χ2n) is 4.62. The van der Waals surface area contributed by atoms with Gasteiger partial charge in [-0.2, -0.15) is 0 Å². The third kappa shape index (κ3) is 3.01. The van der Waals surface area contributed by atoms with Crippen molar-refractivity contribution in [1.29, 1.82) is 0 Å². The van der Waals surface area contributed by atoms with Gasteiger partial charge in [-0.3, -0.25) is 4.48 Å². The first-order chi connectivity index (χ1) is 8.46. The predicted octanol–water partition coefficient (Wildman–Crippen LogP) is 2.69. The summed E-state index contributed by atoms with van der Waals surface area (Å²) in [6.07, 6.45) is -0.433. The van der Waals surface area contributed by atoms with E-state index in [1.54, 1.807) is 7.05 Å². The number of carbonyl (C=O) groups excluding carboxylic acids is 1. The van der Waals surface area contributed by atoms with Gasteiger partial charge in [-0.1, -0.05) is 0 Å². The van der Waals surface area contributed by atoms with Gasteiger partial charge in [0.25, 0.3) is 0 Å². The molecule has 4 heteroatoms. The molecule has 1 aromatic carbocycles. The van der Waals surface area contributed by atoms with Crippen LogP contribution in [-0.4, -0.2) is 33.3 Å². The summed E-state index contributed by atoms with van der Waals surface area (Å²) in [5.74, 6) is 0.623. The Bertz CT molecular complexity index is 426. The molecule has 0 bridgehead atoms. The van der Waals surface area contributed by atoms with Gasteiger partial charge in [0.15, 0.2) is 0 Å². The van der Waals surface area contributed by atoms with Crippen LogP contribution in [0.4, 0.5) is 10.5 Å². The molecule has 0 radical (unpaired) electrons. The van der Waals surface area contributed by atoms with Crippen LogP contribution in [0.15, 0.2) is 18.2 Å². The van der Waals surface area contributed by atoms with Crippen LogP contribution in [0.3, 0.4) is 0 Å². The van der Waals surface area contributed by atoms with E-state index in [4.69, 9.17) is 4.74 Å². The number of benzene rings is 1. The Morgan fingerprint density at radius 2 is 1.94 bits per heavy atom. The van der Waals surface area contributed by atoms with Crippen LogP contribution in [0.5, 0.6) is 5.75 Å². The molecule has 0 unspecified atom stereocenters. The normalized spacial score (nSPS) is 11.2. The van der Waals surface area contributed by atoms with Crippen LogP contribution in [-0.2, 0) is 0 Å². The predicted molar refractivity (Wildman–Crippen MR) is 75.1 cm³/mol. The van der Waals surface area contributed by atoms with Gasteiger partial charge >= 0.3 is 6.09 Å². The van der Waals surface area contributed by atoms with Crippen molar-refractivity contribution in [1.82, 2.24) is 9.80 Å². The van der Waals surface area contributed by atoms with E-state index in [2.05, 4.69) is 32.3 Å². The molecule has 0 aliphatic carbocycles. The van der Waals surface area contributed by atoms with Crippen molar-refractivity contribution in [3.05, 3.63) is 23.8 Å². The zero-order chi connectivity index (χ0) is 13.8. The lowest BCUT2D eigenvalue weighted by Gasteiger charge is -2.31. The summed E-state index contributed by atoms with van der Waals surface area (Å²) in [6.45, 7) is 8.24. The van der Waals surface area contributed by atoms with E-state index in [1.165, 1.54) is 0 Å². The highest BCUT2D eigenvalue weighted by molar-refractivity contribution is 5.71. The van der Waals surface area contributed by atoms with Crippen molar-refractivity contribution in [3.63, 3.8) is 0 Å². The van der Waals surface area contributed by atoms with Gasteiger partial charge in [0, 0.05) is 13.1 Å². The van der Waals surface area contributed by atoms with Gasteiger partial charge in [-0.05, 0) is 38.5 Å². The quantitative estimate of drug-likeness (QED) is 0.836. The summed E-state index contributed by atoms with van der Waals surface area (Å²) in [5.41, 5.74) is 2.12. The van der Waals surface area contributed by atoms with Crippen molar-refractivity contribution in [2.24, 2.45) is 0 Å². The molecule has 0 spiro atoms. The number of ether oxygens (including phenoxy) is 1. The highest BCUT2D eigenvalue weighted by Crippen LogP contribution is 2.28. The third-order valence-corrected chi connectivity index (χ3v) is 3.60. The van der Waals surface area contributed by atoms with E-state index in [-0.39, 0.29) is 0 Å². The third-order valence-electron chi connectivity index (χ3n) is 3.60. The lowest BCUT2D eigenvalue weighted by atomic mass is 10.1. The van der Waals surface area contributed by atoms with Crippen LogP contribution in [0, 0.1) is 6.92 Å². The first kappa shape index (κ1) is 14.5. The molecule has 0 atom stereocenters. The van der Waals surface area contributed by atoms with Crippen LogP contribution >= 0.6 is 0 Å². The molecule has 4 nitrogen and oxygen atoms in total. The van der Waals surface area contributed by atoms with Gasteiger partial charge in [0.1, 0.15) is 11.4 Å². The monoisotopic (exact) mass is 251 g/mol. The molecule has 1 rings (SSSR count). The standard InChI is InChI=1S/C14H22N2O2/c1-6-16(5,7-2)12-9-8-11(3)13(10-12)18-14(17)15-4/h8-10H,6-7H2,1-5H3/p+1. The number of rotatable bonds is 4. The average molecular weight is 251 g/mol. The van der Waals surface area contributed by atoms with Crippen molar-refractivity contribution >= 4 is 11.8 Å². The van der Waals surface area contributed by atoms with E-state index in [9.17, 15) is 4.79 Å². The Morgan fingerprint density at radius 3 is 2.44 bits per heavy atom. The maximum atomic E-state index is 11.3. The SMILES string of the molecule is CC[N+](C)(CC)c1ccc(C)c(OC(=O)NC)c1. The molecule has 1 aromatic rings. The number of carbonyl (C=O) groups is 1. The minimum absolute atomic E-state index is 0.433. The molecule has 1 N–H and O–H groups in total. The highest BCUT2D eigenvalue weighted by atomic mass is 16.6. The molecule has 0 saturated heterocycles. The van der Waals surface area contributed by atoms with E-state index in [0.29, 0.717) is 5.75 Å². The van der Waals surface area contributed by atoms with E-state index < -0.39 is 6.09 Å². The number of hydrogen-bond donors (Lipinski definition) is 1. The molecular formula is C14H23N2O2+. The minimum atomic E-state index is -0.433. The molecule has 1 amide bonds. The maximum Gasteiger partial charge on any atom is 0.412 e. The van der Waals surface area contributed by atoms with E-state index >= 15 is 0 Å². The van der Waals surface area contributed by atoms with Crippen LogP contribution in [0.1, 0.15) is 19.4 Å². The lowest BCUT2D eigenvalue weighted by Crippen LogP contribution is -2.44. The smallest absolute Gasteiger partial charge is 0.410 e. The van der Waals surface area contributed by atoms with Gasteiger partial charge < -0.3 is 10.1 Å². The fourth-order valence-electron chi connectivity index (χ4n) is 1.77. The van der Waals surface area contributed by atoms with Crippen molar-refractivity contribution in [2.45, 2.75) is 20.8 Å². The van der Waals surface area contributed by atoms with Gasteiger partial charge in [-0.25, -0.2) is 4.79 Å². The minimum Gasteiger partial charge on any atom is -0.410 e. The number of nitrogens with one attached hydrogen (secondary N) is 1. The van der Waals surface area contributed by atoms with Crippen molar-refractivity contribution in [2.75, 3.05) is 27.2 Å². The average Bonchev–Trinajstić information content (AvgIpc) is 2.40. The summed E-state index contributed by atoms with van der Waals surface area (Å²) in [6, 6.07) is 6.05. The largest absolute Gasteiger partial charge is 0.412 e. The number of aryl methyl sites for hydroxylation is 1. The molecule has 0 saturated carbocycles. The van der Waals surface area contributed by atoms with E-state index in [1.807, 2.05) is 19.1 Å². The van der Waals surface area contributed by atoms with Crippen molar-refractivity contribution < 1.29 is 9.53 Å². The van der Waals surface area contributed by atoms with Crippen LogP contribution in [0.2, 0.25) is 0 Å². The summed E-state index contributed by atoms with van der Waals surface area (Å²) in [5, 5.41) is 2.46. The van der Waals surface area contributed by atoms with Gasteiger partial charge in [0.05, 0.1) is 20.1 Å². The molecule has 0 aromatic heterocycles. The first-order valence-corrected chi connectivity index (χ1v) is 6.32. The fraction of sp³-hybridized carbons (Fsp3) is 0.500. The summed E-state index contributed by atoms with van der Waals surface area (Å²) in [7, 11) is 3.73. The first-order valence-electron chi connectivity index (χ1n) is 6.32. The molecule has 0 fully saturated rings. The molecule has 18 heavy (non-hydrogen) atoms. The van der Waals surface area contributed by atoms with Crippen molar-refractivity contribution in [3.8, 4) is 5.75 Å². The highest BCUT2D eigenvalue weighted by Gasteiger charge is 2.21. The zero-order valence-corrected chi connectivity index (χ0v) is 11.9. The van der Waals surface area contributed by atoms with Gasteiger partial charge in [-0.15, -0.1) is 0 Å². The molecule has 0 heterocycles. The number of nitrogens with zero attached hydrogens (tertiary/aromatic N) is 1. The molecule has 100 valence electrons. The van der Waals surface area contributed by atoms with E-state index in [0.717, 1.165) is 28.8 Å².